The molecule has 4 rings (SSSR count). The zero-order valence-electron chi connectivity index (χ0n) is 21.9. The third-order valence-electron chi connectivity index (χ3n) is 6.07. The number of anilines is 1. The van der Waals surface area contributed by atoms with Crippen molar-refractivity contribution in [2.75, 3.05) is 25.5 Å². The van der Waals surface area contributed by atoms with Crippen LogP contribution in [0, 0.1) is 12.7 Å². The Bertz CT molecular complexity index is 1350. The van der Waals surface area contributed by atoms with Gasteiger partial charge in [-0.3, -0.25) is 9.48 Å². The fourth-order valence-electron chi connectivity index (χ4n) is 4.21. The number of hydrogen-bond acceptors (Lipinski definition) is 7. The van der Waals surface area contributed by atoms with Gasteiger partial charge in [-0.25, -0.2) is 19.2 Å². The molecule has 0 spiro atoms. The van der Waals surface area contributed by atoms with Crippen molar-refractivity contribution in [3.63, 3.8) is 0 Å². The lowest BCUT2D eigenvalue weighted by atomic mass is 10.1. The van der Waals surface area contributed by atoms with Crippen molar-refractivity contribution in [1.29, 1.82) is 0 Å². The number of carbonyl (C=O) groups is 2. The molecule has 12 heteroatoms. The Hall–Kier alpha value is -3.73. The van der Waals surface area contributed by atoms with Gasteiger partial charge in [0.15, 0.2) is 5.82 Å². The van der Waals surface area contributed by atoms with Crippen molar-refractivity contribution in [2.24, 2.45) is 0 Å². The number of nitrogens with zero attached hydrogens (tertiary/aromatic N) is 5. The highest BCUT2D eigenvalue weighted by Crippen LogP contribution is 2.29. The van der Waals surface area contributed by atoms with Gasteiger partial charge in [0.1, 0.15) is 17.1 Å². The number of methoxy groups -OCH3 is 1. The fourth-order valence-corrected chi connectivity index (χ4v) is 4.43. The van der Waals surface area contributed by atoms with E-state index in [2.05, 4.69) is 20.4 Å². The molecular weight excluding hydrogens is 515 g/mol. The highest BCUT2D eigenvalue weighted by atomic mass is 35.5. The topological polar surface area (TPSA) is 111 Å². The Balaban J connectivity index is 1.46. The first-order valence-corrected chi connectivity index (χ1v) is 12.5. The number of amides is 2. The highest BCUT2D eigenvalue weighted by molar-refractivity contribution is 6.34. The van der Waals surface area contributed by atoms with Crippen LogP contribution in [0.5, 0.6) is 5.88 Å². The number of nitrogens with one attached hydrogen (secondary N) is 1. The molecular formula is C26H30ClFN6O4. The summed E-state index contributed by atoms with van der Waals surface area (Å²) in [5, 5.41) is 7.36. The van der Waals surface area contributed by atoms with Gasteiger partial charge in [0, 0.05) is 36.6 Å². The van der Waals surface area contributed by atoms with Gasteiger partial charge in [-0.1, -0.05) is 11.6 Å². The van der Waals surface area contributed by atoms with E-state index in [0.717, 1.165) is 0 Å². The van der Waals surface area contributed by atoms with E-state index in [1.165, 1.54) is 31.8 Å². The number of carbonyl (C=O) groups excluding carboxylic acids is 2. The maximum Gasteiger partial charge on any atom is 0.410 e. The average molecular weight is 545 g/mol. The number of pyridine rings is 2. The second-order valence-corrected chi connectivity index (χ2v) is 10.5. The Morgan fingerprint density at radius 1 is 1.11 bits per heavy atom. The van der Waals surface area contributed by atoms with Gasteiger partial charge >= 0.3 is 6.09 Å². The lowest BCUT2D eigenvalue weighted by Gasteiger charge is -2.33. The maximum atomic E-state index is 14.1. The zero-order chi connectivity index (χ0) is 27.6. The number of aryl methyl sites for hydroxylation is 1. The predicted octanol–water partition coefficient (Wildman–Crippen LogP) is 5.27. The first-order valence-electron chi connectivity index (χ1n) is 12.2. The molecule has 0 aromatic carbocycles. The van der Waals surface area contributed by atoms with Crippen molar-refractivity contribution in [1.82, 2.24) is 24.6 Å². The Morgan fingerprint density at radius 2 is 1.76 bits per heavy atom. The number of likely N-dealkylation sites (tertiary alicyclic amines) is 1. The zero-order valence-corrected chi connectivity index (χ0v) is 22.7. The molecule has 38 heavy (non-hydrogen) atoms. The molecule has 0 atom stereocenters. The molecule has 2 amide bonds. The third-order valence-corrected chi connectivity index (χ3v) is 6.35. The summed E-state index contributed by atoms with van der Waals surface area (Å²) in [6.45, 7) is 8.21. The lowest BCUT2D eigenvalue weighted by Crippen LogP contribution is -2.42. The van der Waals surface area contributed by atoms with E-state index < -0.39 is 17.3 Å². The Morgan fingerprint density at radius 3 is 2.37 bits per heavy atom. The van der Waals surface area contributed by atoms with Crippen molar-refractivity contribution < 1.29 is 23.5 Å². The van der Waals surface area contributed by atoms with Crippen LogP contribution in [-0.2, 0) is 4.74 Å². The summed E-state index contributed by atoms with van der Waals surface area (Å²) in [4.78, 5) is 35.6. The Labute approximate surface area is 225 Å². The van der Waals surface area contributed by atoms with E-state index in [1.54, 1.807) is 22.6 Å². The second kappa shape index (κ2) is 10.9. The summed E-state index contributed by atoms with van der Waals surface area (Å²) >= 11 is 6.36. The molecule has 0 unspecified atom stereocenters. The molecule has 3 aromatic rings. The predicted molar refractivity (Wildman–Crippen MR) is 140 cm³/mol. The molecule has 0 radical (unpaired) electrons. The molecule has 0 aliphatic carbocycles. The fraction of sp³-hybridized carbons (Fsp3) is 0.423. The molecule has 0 saturated carbocycles. The van der Waals surface area contributed by atoms with Gasteiger partial charge in [0.25, 0.3) is 5.91 Å². The van der Waals surface area contributed by atoms with Crippen LogP contribution in [0.4, 0.5) is 15.0 Å². The average Bonchev–Trinajstić information content (AvgIpc) is 3.25. The molecule has 1 fully saturated rings. The molecule has 1 aliphatic rings. The summed E-state index contributed by atoms with van der Waals surface area (Å²) in [6, 6.07) is 2.97. The van der Waals surface area contributed by atoms with Crippen LogP contribution in [0.2, 0.25) is 5.02 Å². The first kappa shape index (κ1) is 27.3. The quantitative estimate of drug-likeness (QED) is 0.465. The van der Waals surface area contributed by atoms with Gasteiger partial charge in [-0.2, -0.15) is 5.10 Å². The normalized spacial score (nSPS) is 14.3. The van der Waals surface area contributed by atoms with Crippen LogP contribution >= 0.6 is 11.6 Å². The van der Waals surface area contributed by atoms with Crippen LogP contribution in [0.1, 0.15) is 55.7 Å². The standard InChI is InChI=1S/C26H30ClFN6O4/c1-15-10-16(17-11-20(28)24(37-5)30-13-17)12-29-22(15)32-23(35)21-19(27)14-31-34(21)18-6-8-33(9-7-18)25(36)38-26(2,3)4/h10-14,18H,6-9H2,1-5H3,(H,29,32,35). The third kappa shape index (κ3) is 6.04. The maximum absolute atomic E-state index is 14.1. The lowest BCUT2D eigenvalue weighted by molar-refractivity contribution is 0.0183. The van der Waals surface area contributed by atoms with Gasteiger partial charge < -0.3 is 19.7 Å². The highest BCUT2D eigenvalue weighted by Gasteiger charge is 2.30. The monoisotopic (exact) mass is 544 g/mol. The minimum atomic E-state index is -0.583. The number of piperidine rings is 1. The van der Waals surface area contributed by atoms with E-state index >= 15 is 0 Å². The largest absolute Gasteiger partial charge is 0.479 e. The van der Waals surface area contributed by atoms with Gasteiger partial charge in [-0.15, -0.1) is 0 Å². The van der Waals surface area contributed by atoms with Crippen molar-refractivity contribution in [2.45, 2.75) is 52.2 Å². The van der Waals surface area contributed by atoms with E-state index in [0.29, 0.717) is 48.4 Å². The molecule has 1 aliphatic heterocycles. The minimum absolute atomic E-state index is 0.0914. The van der Waals surface area contributed by atoms with Crippen LogP contribution in [-0.4, -0.2) is 62.4 Å². The number of ether oxygens (including phenoxy) is 2. The summed E-state index contributed by atoms with van der Waals surface area (Å²) in [6.07, 6.45) is 5.28. The molecule has 202 valence electrons. The summed E-state index contributed by atoms with van der Waals surface area (Å²) in [7, 11) is 1.35. The van der Waals surface area contributed by atoms with Crippen LogP contribution in [0.3, 0.4) is 0 Å². The van der Waals surface area contributed by atoms with E-state index in [-0.39, 0.29) is 28.7 Å². The van der Waals surface area contributed by atoms with Gasteiger partial charge in [0.2, 0.25) is 5.88 Å². The Kier molecular flexibility index (Phi) is 7.86. The second-order valence-electron chi connectivity index (χ2n) is 10.0. The van der Waals surface area contributed by atoms with Crippen molar-refractivity contribution in [3.8, 4) is 17.0 Å². The van der Waals surface area contributed by atoms with Gasteiger partial charge in [-0.05, 0) is 58.2 Å². The van der Waals surface area contributed by atoms with Crippen molar-refractivity contribution in [3.05, 3.63) is 52.8 Å². The molecule has 1 saturated heterocycles. The van der Waals surface area contributed by atoms with Crippen LogP contribution < -0.4 is 10.1 Å². The molecule has 1 N–H and O–H groups in total. The number of hydrogen-bond donors (Lipinski definition) is 1. The summed E-state index contributed by atoms with van der Waals surface area (Å²) in [5.41, 5.74) is 1.47. The summed E-state index contributed by atoms with van der Waals surface area (Å²) < 4.78 is 26.0. The van der Waals surface area contributed by atoms with Crippen LogP contribution in [0.15, 0.2) is 30.7 Å². The van der Waals surface area contributed by atoms with Gasteiger partial charge in [0.05, 0.1) is 24.4 Å². The van der Waals surface area contributed by atoms with Crippen molar-refractivity contribution >= 4 is 29.4 Å². The number of halogens is 2. The van der Waals surface area contributed by atoms with E-state index in [9.17, 15) is 14.0 Å². The SMILES string of the molecule is COc1ncc(-c2cnc(NC(=O)c3c(Cl)cnn3C3CCN(C(=O)OC(C)(C)C)CC3)c(C)c2)cc1F. The summed E-state index contributed by atoms with van der Waals surface area (Å²) in [5.74, 6) is -0.794. The van der Waals surface area contributed by atoms with E-state index in [1.807, 2.05) is 20.8 Å². The minimum Gasteiger partial charge on any atom is -0.479 e. The molecule has 3 aromatic heterocycles. The molecule has 0 bridgehead atoms. The number of aromatic nitrogens is 4. The number of rotatable bonds is 5. The molecule has 4 heterocycles. The van der Waals surface area contributed by atoms with E-state index in [4.69, 9.17) is 21.1 Å². The van der Waals surface area contributed by atoms with Crippen LogP contribution in [0.25, 0.3) is 11.1 Å². The first-order chi connectivity index (χ1) is 18.0. The smallest absolute Gasteiger partial charge is 0.410 e. The molecule has 10 nitrogen and oxygen atoms in total.